The van der Waals surface area contributed by atoms with Crippen LogP contribution in [-0.2, 0) is 6.42 Å². The van der Waals surface area contributed by atoms with Gasteiger partial charge in [-0.1, -0.05) is 31.2 Å². The number of anilines is 1. The van der Waals surface area contributed by atoms with Crippen molar-refractivity contribution in [3.8, 4) is 5.75 Å². The van der Waals surface area contributed by atoms with Gasteiger partial charge in [-0.25, -0.2) is 4.98 Å². The number of aryl methyl sites for hydroxylation is 1. The molecule has 0 bridgehead atoms. The van der Waals surface area contributed by atoms with E-state index in [1.54, 1.807) is 0 Å². The molecule has 0 saturated heterocycles. The monoisotopic (exact) mass is 273 g/mol. The molecule has 0 spiro atoms. The molecule has 0 fully saturated rings. The van der Waals surface area contributed by atoms with E-state index in [2.05, 4.69) is 46.5 Å². The summed E-state index contributed by atoms with van der Waals surface area (Å²) in [5.41, 5.74) is 2.14. The fraction of sp³-hybridized carbons (Fsp3) is 0.333. The molecule has 5 nitrogen and oxygen atoms in total. The standard InChI is InChI=1S/C15H19N3O2/c1-4-11-5-7-12(8-6-11)10(2)18-14-13(20-3)15(19)17-9-16-14/h5-10H,4H2,1-3H3,(H2,16,17,18,19). The van der Waals surface area contributed by atoms with Crippen LogP contribution in [0, 0.1) is 0 Å². The average Bonchev–Trinajstić information content (AvgIpc) is 2.47. The highest BCUT2D eigenvalue weighted by atomic mass is 16.5. The van der Waals surface area contributed by atoms with Crippen LogP contribution in [0.15, 0.2) is 35.4 Å². The molecule has 1 unspecified atom stereocenters. The van der Waals surface area contributed by atoms with Crippen LogP contribution >= 0.6 is 0 Å². The van der Waals surface area contributed by atoms with Gasteiger partial charge in [0.2, 0.25) is 5.75 Å². The summed E-state index contributed by atoms with van der Waals surface area (Å²) in [5.74, 6) is 0.646. The van der Waals surface area contributed by atoms with E-state index in [4.69, 9.17) is 4.74 Å². The second-order valence-corrected chi connectivity index (χ2v) is 4.57. The molecule has 5 heteroatoms. The van der Waals surface area contributed by atoms with E-state index >= 15 is 0 Å². The number of aromatic amines is 1. The number of hydrogen-bond donors (Lipinski definition) is 2. The van der Waals surface area contributed by atoms with Crippen LogP contribution in [0.1, 0.15) is 31.0 Å². The van der Waals surface area contributed by atoms with Gasteiger partial charge < -0.3 is 15.0 Å². The molecule has 1 atom stereocenters. The number of aromatic nitrogens is 2. The average molecular weight is 273 g/mol. The van der Waals surface area contributed by atoms with Gasteiger partial charge in [-0.05, 0) is 24.5 Å². The van der Waals surface area contributed by atoms with Crippen molar-refractivity contribution in [2.24, 2.45) is 0 Å². The molecule has 1 heterocycles. The summed E-state index contributed by atoms with van der Waals surface area (Å²) in [6.45, 7) is 4.14. The SMILES string of the molecule is CCc1ccc(C(C)Nc2nc[nH]c(=O)c2OC)cc1. The van der Waals surface area contributed by atoms with Crippen LogP contribution < -0.4 is 15.6 Å². The third-order valence-corrected chi connectivity index (χ3v) is 3.26. The highest BCUT2D eigenvalue weighted by molar-refractivity contribution is 5.49. The van der Waals surface area contributed by atoms with Gasteiger partial charge in [0.05, 0.1) is 19.5 Å². The summed E-state index contributed by atoms with van der Waals surface area (Å²) < 4.78 is 5.08. The summed E-state index contributed by atoms with van der Waals surface area (Å²) in [5, 5.41) is 3.20. The number of benzene rings is 1. The van der Waals surface area contributed by atoms with E-state index in [0.717, 1.165) is 12.0 Å². The zero-order chi connectivity index (χ0) is 14.5. The highest BCUT2D eigenvalue weighted by Crippen LogP contribution is 2.22. The van der Waals surface area contributed by atoms with Crippen molar-refractivity contribution < 1.29 is 4.74 Å². The molecule has 106 valence electrons. The molecule has 2 aromatic rings. The van der Waals surface area contributed by atoms with E-state index < -0.39 is 0 Å². The Bertz CT molecular complexity index is 620. The number of hydrogen-bond acceptors (Lipinski definition) is 4. The van der Waals surface area contributed by atoms with E-state index in [9.17, 15) is 4.79 Å². The van der Waals surface area contributed by atoms with Crippen LogP contribution in [0.4, 0.5) is 5.82 Å². The third-order valence-electron chi connectivity index (χ3n) is 3.26. The van der Waals surface area contributed by atoms with Crippen molar-refractivity contribution in [1.82, 2.24) is 9.97 Å². The summed E-state index contributed by atoms with van der Waals surface area (Å²) in [6, 6.07) is 8.40. The maximum Gasteiger partial charge on any atom is 0.295 e. The first-order valence-corrected chi connectivity index (χ1v) is 6.62. The lowest BCUT2D eigenvalue weighted by molar-refractivity contribution is 0.407. The van der Waals surface area contributed by atoms with E-state index in [-0.39, 0.29) is 17.4 Å². The fourth-order valence-corrected chi connectivity index (χ4v) is 2.01. The van der Waals surface area contributed by atoms with Crippen molar-refractivity contribution in [1.29, 1.82) is 0 Å². The minimum Gasteiger partial charge on any atom is -0.489 e. The van der Waals surface area contributed by atoms with E-state index in [1.165, 1.54) is 19.0 Å². The van der Waals surface area contributed by atoms with Crippen molar-refractivity contribution >= 4 is 5.82 Å². The lowest BCUT2D eigenvalue weighted by Crippen LogP contribution is -2.16. The minimum absolute atomic E-state index is 0.0316. The number of methoxy groups -OCH3 is 1. The Morgan fingerprint density at radius 3 is 2.65 bits per heavy atom. The Morgan fingerprint density at radius 2 is 2.05 bits per heavy atom. The molecule has 1 aromatic carbocycles. The molecule has 1 aromatic heterocycles. The molecular formula is C15H19N3O2. The van der Waals surface area contributed by atoms with Crippen molar-refractivity contribution in [3.63, 3.8) is 0 Å². The normalized spacial score (nSPS) is 11.9. The van der Waals surface area contributed by atoms with E-state index in [1.807, 2.05) is 6.92 Å². The van der Waals surface area contributed by atoms with E-state index in [0.29, 0.717) is 5.82 Å². The van der Waals surface area contributed by atoms with Gasteiger partial charge in [-0.15, -0.1) is 0 Å². The second-order valence-electron chi connectivity index (χ2n) is 4.57. The van der Waals surface area contributed by atoms with Gasteiger partial charge in [0.15, 0.2) is 5.82 Å². The lowest BCUT2D eigenvalue weighted by Gasteiger charge is -2.16. The topological polar surface area (TPSA) is 67.0 Å². The predicted octanol–water partition coefficient (Wildman–Crippen LogP) is 2.51. The molecule has 0 saturated carbocycles. The molecule has 0 radical (unpaired) electrons. The first-order chi connectivity index (χ1) is 9.65. The Labute approximate surface area is 118 Å². The predicted molar refractivity (Wildman–Crippen MR) is 79.3 cm³/mol. The van der Waals surface area contributed by atoms with Crippen molar-refractivity contribution in [2.45, 2.75) is 26.3 Å². The maximum atomic E-state index is 11.6. The van der Waals surface area contributed by atoms with Gasteiger partial charge in [0.1, 0.15) is 0 Å². The van der Waals surface area contributed by atoms with Crippen LogP contribution in [0.5, 0.6) is 5.75 Å². The second kappa shape index (κ2) is 6.23. The Kier molecular flexibility index (Phi) is 4.40. The molecule has 0 aliphatic heterocycles. The molecule has 0 aliphatic carbocycles. The molecule has 2 N–H and O–H groups in total. The summed E-state index contributed by atoms with van der Waals surface area (Å²) >= 11 is 0. The van der Waals surface area contributed by atoms with Crippen LogP contribution in [0.2, 0.25) is 0 Å². The largest absolute Gasteiger partial charge is 0.489 e. The quantitative estimate of drug-likeness (QED) is 0.878. The Hall–Kier alpha value is -2.30. The summed E-state index contributed by atoms with van der Waals surface area (Å²) in [7, 11) is 1.46. The molecule has 0 aliphatic rings. The van der Waals surface area contributed by atoms with Gasteiger partial charge in [0.25, 0.3) is 5.56 Å². The maximum absolute atomic E-state index is 11.6. The van der Waals surface area contributed by atoms with Gasteiger partial charge in [0, 0.05) is 0 Å². The van der Waals surface area contributed by atoms with Crippen LogP contribution in [0.3, 0.4) is 0 Å². The lowest BCUT2D eigenvalue weighted by atomic mass is 10.1. The third kappa shape index (κ3) is 2.99. The van der Waals surface area contributed by atoms with Gasteiger partial charge >= 0.3 is 0 Å². The van der Waals surface area contributed by atoms with Crippen molar-refractivity contribution in [2.75, 3.05) is 12.4 Å². The zero-order valence-corrected chi connectivity index (χ0v) is 11.9. The zero-order valence-electron chi connectivity index (χ0n) is 11.9. The van der Waals surface area contributed by atoms with Crippen LogP contribution in [-0.4, -0.2) is 17.1 Å². The summed E-state index contributed by atoms with van der Waals surface area (Å²) in [4.78, 5) is 18.2. The number of nitrogens with one attached hydrogen (secondary N) is 2. The first-order valence-electron chi connectivity index (χ1n) is 6.62. The molecule has 2 rings (SSSR count). The summed E-state index contributed by atoms with van der Waals surface area (Å²) in [6.07, 6.45) is 2.38. The number of rotatable bonds is 5. The smallest absolute Gasteiger partial charge is 0.295 e. The van der Waals surface area contributed by atoms with Crippen molar-refractivity contribution in [3.05, 3.63) is 52.1 Å². The van der Waals surface area contributed by atoms with Gasteiger partial charge in [-0.3, -0.25) is 4.79 Å². The molecular weight excluding hydrogens is 254 g/mol. The van der Waals surface area contributed by atoms with Gasteiger partial charge in [-0.2, -0.15) is 0 Å². The molecule has 0 amide bonds. The molecule has 20 heavy (non-hydrogen) atoms. The Balaban J connectivity index is 2.20. The first kappa shape index (κ1) is 14.1. The fourth-order valence-electron chi connectivity index (χ4n) is 2.01. The van der Waals surface area contributed by atoms with Crippen LogP contribution in [0.25, 0.3) is 0 Å². The number of nitrogens with zero attached hydrogens (tertiary/aromatic N) is 1. The number of H-pyrrole nitrogens is 1. The number of ether oxygens (including phenoxy) is 1. The Morgan fingerprint density at radius 1 is 1.35 bits per heavy atom. The minimum atomic E-state index is -0.293. The highest BCUT2D eigenvalue weighted by Gasteiger charge is 2.12.